The largest absolute Gasteiger partial charge is 0.336 e. The minimum atomic E-state index is -0.689. The van der Waals surface area contributed by atoms with Crippen LogP contribution in [-0.4, -0.2) is 65.9 Å². The van der Waals surface area contributed by atoms with Gasteiger partial charge in [0.25, 0.3) is 0 Å². The topological polar surface area (TPSA) is 66.0 Å². The van der Waals surface area contributed by atoms with E-state index in [1.54, 1.807) is 32.4 Å². The third kappa shape index (κ3) is 9.70. The zero-order chi connectivity index (χ0) is 22.7. The van der Waals surface area contributed by atoms with Crippen LogP contribution < -0.4 is 17.1 Å². The van der Waals surface area contributed by atoms with Crippen molar-refractivity contribution in [1.82, 2.24) is 13.7 Å². The van der Waals surface area contributed by atoms with Crippen molar-refractivity contribution >= 4 is 99.6 Å². The van der Waals surface area contributed by atoms with Crippen LogP contribution in [0.2, 0.25) is 0 Å². The van der Waals surface area contributed by atoms with Crippen molar-refractivity contribution in [1.29, 1.82) is 0 Å². The highest BCUT2D eigenvalue weighted by Gasteiger charge is 2.21. The molecule has 0 amide bonds. The number of hydrogen-bond acceptors (Lipinski definition) is 9. The Labute approximate surface area is 214 Å². The number of halogens is 3. The molecule has 0 aliphatic heterocycles. The Hall–Kier alpha value is 1.38. The maximum Gasteiger partial charge on any atom is 0.336 e. The van der Waals surface area contributed by atoms with Crippen molar-refractivity contribution in [2.45, 2.75) is 35.8 Å². The molecule has 0 aliphatic rings. The van der Waals surface area contributed by atoms with Gasteiger partial charge in [-0.25, -0.2) is 28.1 Å². The molecule has 3 unspecified atom stereocenters. The number of rotatable bonds is 15. The molecule has 0 aromatic carbocycles. The van der Waals surface area contributed by atoms with E-state index in [4.69, 9.17) is 34.8 Å². The van der Waals surface area contributed by atoms with Crippen LogP contribution in [0.4, 0.5) is 0 Å². The fraction of sp³-hybridized carbons (Fsp3) is 0.800. The van der Waals surface area contributed by atoms with E-state index in [0.717, 1.165) is 13.7 Å². The highest BCUT2D eigenvalue weighted by atomic mass is 35.5. The van der Waals surface area contributed by atoms with Crippen LogP contribution in [0.3, 0.4) is 0 Å². The van der Waals surface area contributed by atoms with E-state index in [0.29, 0.717) is 17.3 Å². The lowest BCUT2D eigenvalue weighted by atomic mass is 10.4. The van der Waals surface area contributed by atoms with Crippen LogP contribution in [0.1, 0.15) is 0 Å². The molecule has 0 saturated carbocycles. The standard InChI is InChI=1S/C15H24Cl3N3O3S6/c1-25-28-7-10(16)4-19-13(22)20(5-11(17)8-29-26-2)15(24)21(14(19)23)6-12(18)9-30-27-3/h10-12H,4-9H2,1-3H3. The predicted octanol–water partition coefficient (Wildman–Crippen LogP) is 4.03. The Bertz CT molecular complexity index is 686. The molecule has 3 atom stereocenters. The van der Waals surface area contributed by atoms with E-state index in [-0.39, 0.29) is 19.6 Å². The van der Waals surface area contributed by atoms with Gasteiger partial charge in [0.15, 0.2) is 0 Å². The quantitative estimate of drug-likeness (QED) is 0.222. The average molecular weight is 593 g/mol. The SMILES string of the molecule is CSSCC(Cl)Cn1c(=O)n(CC(Cl)CSSC)c(=O)n(CC(Cl)CSSC)c1=O. The molecular weight excluding hydrogens is 569 g/mol. The van der Waals surface area contributed by atoms with Crippen LogP contribution in [0.5, 0.6) is 0 Å². The lowest BCUT2D eigenvalue weighted by molar-refractivity contribution is 0.444. The third-order valence-electron chi connectivity index (χ3n) is 3.63. The van der Waals surface area contributed by atoms with Gasteiger partial charge >= 0.3 is 17.1 Å². The number of alkyl halides is 3. The third-order valence-corrected chi connectivity index (χ3v) is 10.7. The van der Waals surface area contributed by atoms with E-state index in [1.165, 1.54) is 32.4 Å². The molecule has 0 spiro atoms. The maximum atomic E-state index is 13.0. The summed E-state index contributed by atoms with van der Waals surface area (Å²) in [6.07, 6.45) is 5.77. The van der Waals surface area contributed by atoms with Crippen molar-refractivity contribution < 1.29 is 0 Å². The molecular formula is C15H24Cl3N3O3S6. The number of hydrogen-bond donors (Lipinski definition) is 0. The fourth-order valence-corrected chi connectivity index (χ4v) is 7.85. The van der Waals surface area contributed by atoms with E-state index in [9.17, 15) is 14.4 Å². The van der Waals surface area contributed by atoms with Gasteiger partial charge in [-0.3, -0.25) is 0 Å². The summed E-state index contributed by atoms with van der Waals surface area (Å²) < 4.78 is 3.07. The molecule has 0 aliphatic carbocycles. The molecule has 0 radical (unpaired) electrons. The van der Waals surface area contributed by atoms with Gasteiger partial charge in [0.2, 0.25) is 0 Å². The maximum absolute atomic E-state index is 13.0. The van der Waals surface area contributed by atoms with Crippen molar-refractivity contribution in [3.05, 3.63) is 31.5 Å². The predicted molar refractivity (Wildman–Crippen MR) is 146 cm³/mol. The van der Waals surface area contributed by atoms with E-state index >= 15 is 0 Å². The molecule has 1 aromatic heterocycles. The zero-order valence-corrected chi connectivity index (χ0v) is 23.8. The Kier molecular flexibility index (Phi) is 15.8. The minimum absolute atomic E-state index is 0.00604. The summed E-state index contributed by atoms with van der Waals surface area (Å²) in [5.41, 5.74) is -2.07. The summed E-state index contributed by atoms with van der Waals surface area (Å²) in [6, 6.07) is 0. The Morgan fingerprint density at radius 3 is 1.03 bits per heavy atom. The van der Waals surface area contributed by atoms with E-state index in [1.807, 2.05) is 18.8 Å². The van der Waals surface area contributed by atoms with Gasteiger partial charge in [-0.15, -0.1) is 34.8 Å². The van der Waals surface area contributed by atoms with Crippen LogP contribution in [0.25, 0.3) is 0 Å². The second-order valence-electron chi connectivity index (χ2n) is 5.82. The molecule has 30 heavy (non-hydrogen) atoms. The smallest absolute Gasteiger partial charge is 0.247 e. The normalized spacial score (nSPS) is 14.6. The van der Waals surface area contributed by atoms with Crippen LogP contribution >= 0.6 is 99.6 Å². The Balaban J connectivity index is 3.35. The fourth-order valence-electron chi connectivity index (χ4n) is 2.33. The van der Waals surface area contributed by atoms with Crippen LogP contribution in [0.15, 0.2) is 14.4 Å². The van der Waals surface area contributed by atoms with Crippen molar-refractivity contribution in [3.8, 4) is 0 Å². The molecule has 1 rings (SSSR count). The molecule has 6 nitrogen and oxygen atoms in total. The van der Waals surface area contributed by atoms with Crippen molar-refractivity contribution in [2.75, 3.05) is 36.0 Å². The monoisotopic (exact) mass is 591 g/mol. The van der Waals surface area contributed by atoms with Gasteiger partial charge in [-0.05, 0) is 18.8 Å². The molecule has 1 heterocycles. The summed E-state index contributed by atoms with van der Waals surface area (Å²) in [4.78, 5) is 38.9. The summed E-state index contributed by atoms with van der Waals surface area (Å²) in [7, 11) is 9.27. The summed E-state index contributed by atoms with van der Waals surface area (Å²) in [5, 5.41) is -1.32. The first-order valence-electron chi connectivity index (χ1n) is 8.60. The average Bonchev–Trinajstić information content (AvgIpc) is 2.72. The van der Waals surface area contributed by atoms with Gasteiger partial charge in [0.1, 0.15) is 0 Å². The highest BCUT2D eigenvalue weighted by Crippen LogP contribution is 2.22. The first-order chi connectivity index (χ1) is 14.3. The second kappa shape index (κ2) is 16.1. The molecule has 174 valence electrons. The lowest BCUT2D eigenvalue weighted by Gasteiger charge is -2.18. The number of aromatic nitrogens is 3. The Morgan fingerprint density at radius 1 is 0.600 bits per heavy atom. The van der Waals surface area contributed by atoms with Gasteiger partial charge in [0, 0.05) is 36.9 Å². The van der Waals surface area contributed by atoms with Gasteiger partial charge in [-0.1, -0.05) is 64.8 Å². The van der Waals surface area contributed by atoms with E-state index < -0.39 is 33.2 Å². The summed E-state index contributed by atoms with van der Waals surface area (Å²) in [6.45, 7) is 0.0181. The molecule has 0 saturated heterocycles. The van der Waals surface area contributed by atoms with Crippen LogP contribution in [-0.2, 0) is 19.6 Å². The summed E-state index contributed by atoms with van der Waals surface area (Å²) in [5.74, 6) is 1.66. The molecule has 15 heteroatoms. The second-order valence-corrected chi connectivity index (χ2v) is 15.5. The lowest BCUT2D eigenvalue weighted by Crippen LogP contribution is -2.56. The van der Waals surface area contributed by atoms with E-state index in [2.05, 4.69) is 0 Å². The molecule has 1 aromatic rings. The van der Waals surface area contributed by atoms with Gasteiger partial charge in [0.05, 0.1) is 16.1 Å². The minimum Gasteiger partial charge on any atom is -0.247 e. The van der Waals surface area contributed by atoms with Crippen LogP contribution in [0, 0.1) is 0 Å². The first-order valence-corrected chi connectivity index (χ1v) is 18.1. The van der Waals surface area contributed by atoms with Crippen molar-refractivity contribution in [2.24, 2.45) is 0 Å². The van der Waals surface area contributed by atoms with Gasteiger partial charge in [-0.2, -0.15) is 0 Å². The first kappa shape index (κ1) is 29.4. The highest BCUT2D eigenvalue weighted by molar-refractivity contribution is 8.77. The molecule has 0 fully saturated rings. The zero-order valence-electron chi connectivity index (χ0n) is 16.6. The summed E-state index contributed by atoms with van der Waals surface area (Å²) >= 11 is 19.0. The molecule has 0 N–H and O–H groups in total. The molecule has 0 bridgehead atoms. The van der Waals surface area contributed by atoms with Gasteiger partial charge < -0.3 is 0 Å². The number of nitrogens with zero attached hydrogens (tertiary/aromatic N) is 3. The van der Waals surface area contributed by atoms with Crippen molar-refractivity contribution in [3.63, 3.8) is 0 Å². The Morgan fingerprint density at radius 2 is 0.833 bits per heavy atom.